The topological polar surface area (TPSA) is 41.1 Å². The highest BCUT2D eigenvalue weighted by Gasteiger charge is 2.54. The Morgan fingerprint density at radius 2 is 1.86 bits per heavy atom. The Hall–Kier alpha value is -1.84. The minimum absolute atomic E-state index is 0.547. The molecule has 1 aromatic heterocycles. The van der Waals surface area contributed by atoms with Gasteiger partial charge in [-0.3, -0.25) is 0 Å². The van der Waals surface area contributed by atoms with E-state index in [9.17, 15) is 0 Å². The molecule has 0 amide bonds. The van der Waals surface area contributed by atoms with E-state index < -0.39 is 0 Å². The third kappa shape index (κ3) is 2.31. The lowest BCUT2D eigenvalue weighted by Crippen LogP contribution is -2.19. The van der Waals surface area contributed by atoms with Crippen LogP contribution in [0.4, 0.5) is 11.8 Å². The lowest BCUT2D eigenvalue weighted by molar-refractivity contribution is 0.330. The molecule has 2 aliphatic carbocycles. The second-order valence-corrected chi connectivity index (χ2v) is 7.11. The molecule has 4 heteroatoms. The van der Waals surface area contributed by atoms with Crippen molar-refractivity contribution in [2.45, 2.75) is 44.6 Å². The molecule has 0 radical (unpaired) electrons. The zero-order chi connectivity index (χ0) is 15.2. The molecule has 0 unspecified atom stereocenters. The first kappa shape index (κ1) is 13.8. The molecular weight excluding hydrogens is 272 g/mol. The van der Waals surface area contributed by atoms with E-state index in [1.165, 1.54) is 38.5 Å². The molecule has 2 saturated carbocycles. The van der Waals surface area contributed by atoms with Crippen molar-refractivity contribution in [3.8, 4) is 0 Å². The summed E-state index contributed by atoms with van der Waals surface area (Å²) in [5.74, 6) is 1.78. The van der Waals surface area contributed by atoms with Crippen LogP contribution in [-0.4, -0.2) is 30.1 Å². The van der Waals surface area contributed by atoms with Crippen LogP contribution >= 0.6 is 0 Å². The number of fused-ring (bicyclic) bond motifs is 1. The highest BCUT2D eigenvalue weighted by molar-refractivity contribution is 5.90. The van der Waals surface area contributed by atoms with Gasteiger partial charge in [0.15, 0.2) is 0 Å². The summed E-state index contributed by atoms with van der Waals surface area (Å²) in [4.78, 5) is 11.6. The zero-order valence-electron chi connectivity index (χ0n) is 13.5. The molecule has 1 heterocycles. The molecule has 116 valence electrons. The van der Waals surface area contributed by atoms with Crippen molar-refractivity contribution in [2.24, 2.45) is 5.41 Å². The van der Waals surface area contributed by atoms with Crippen molar-refractivity contribution < 1.29 is 0 Å². The summed E-state index contributed by atoms with van der Waals surface area (Å²) < 4.78 is 0. The van der Waals surface area contributed by atoms with Crippen molar-refractivity contribution in [2.75, 3.05) is 24.3 Å². The van der Waals surface area contributed by atoms with E-state index in [0.717, 1.165) is 22.7 Å². The van der Waals surface area contributed by atoms with E-state index in [4.69, 9.17) is 9.97 Å². The van der Waals surface area contributed by atoms with Crippen LogP contribution in [-0.2, 0) is 0 Å². The van der Waals surface area contributed by atoms with Crippen molar-refractivity contribution in [1.82, 2.24) is 9.97 Å². The summed E-state index contributed by atoms with van der Waals surface area (Å²) in [6.07, 6.45) is 8.23. The third-order valence-electron chi connectivity index (χ3n) is 5.35. The number of aromatic nitrogens is 2. The quantitative estimate of drug-likeness (QED) is 0.934. The fraction of sp³-hybridized carbons (Fsp3) is 0.556. The Morgan fingerprint density at radius 1 is 1.09 bits per heavy atom. The van der Waals surface area contributed by atoms with E-state index >= 15 is 0 Å². The molecule has 1 N–H and O–H groups in total. The maximum Gasteiger partial charge on any atom is 0.225 e. The van der Waals surface area contributed by atoms with Gasteiger partial charge in [-0.15, -0.1) is 0 Å². The monoisotopic (exact) mass is 296 g/mol. The molecule has 2 aromatic rings. The second kappa shape index (κ2) is 5.11. The fourth-order valence-electron chi connectivity index (χ4n) is 3.98. The van der Waals surface area contributed by atoms with Crippen molar-refractivity contribution in [1.29, 1.82) is 0 Å². The Kier molecular flexibility index (Phi) is 3.21. The average Bonchev–Trinajstić information content (AvgIpc) is 3.18. The predicted molar refractivity (Wildman–Crippen MR) is 91.4 cm³/mol. The van der Waals surface area contributed by atoms with Gasteiger partial charge in [0.05, 0.1) is 5.52 Å². The van der Waals surface area contributed by atoms with Crippen molar-refractivity contribution in [3.05, 3.63) is 24.3 Å². The summed E-state index contributed by atoms with van der Waals surface area (Å²) in [5.41, 5.74) is 1.56. The number of benzene rings is 1. The predicted octanol–water partition coefficient (Wildman–Crippen LogP) is 3.83. The molecule has 4 rings (SSSR count). The molecule has 2 fully saturated rings. The number of anilines is 2. The Bertz CT molecular complexity index is 689. The summed E-state index contributed by atoms with van der Waals surface area (Å²) in [7, 11) is 4.08. The van der Waals surface area contributed by atoms with Crippen molar-refractivity contribution in [3.63, 3.8) is 0 Å². The van der Waals surface area contributed by atoms with E-state index in [-0.39, 0.29) is 0 Å². The largest absolute Gasteiger partial charge is 0.362 e. The van der Waals surface area contributed by atoms with Crippen LogP contribution in [0.3, 0.4) is 0 Å². The van der Waals surface area contributed by atoms with Gasteiger partial charge in [0.1, 0.15) is 5.82 Å². The maximum absolute atomic E-state index is 4.76. The highest BCUT2D eigenvalue weighted by Crippen LogP contribution is 2.57. The molecule has 0 aliphatic heterocycles. The molecular formula is C18H24N4. The molecule has 1 aromatic carbocycles. The second-order valence-electron chi connectivity index (χ2n) is 7.11. The molecule has 1 atom stereocenters. The van der Waals surface area contributed by atoms with Crippen LogP contribution in [0.25, 0.3) is 10.9 Å². The van der Waals surface area contributed by atoms with Crippen LogP contribution in [0.1, 0.15) is 38.5 Å². The summed E-state index contributed by atoms with van der Waals surface area (Å²) >= 11 is 0. The molecule has 1 spiro atoms. The minimum Gasteiger partial charge on any atom is -0.362 e. The first-order valence-corrected chi connectivity index (χ1v) is 8.39. The zero-order valence-corrected chi connectivity index (χ0v) is 13.5. The summed E-state index contributed by atoms with van der Waals surface area (Å²) in [6.45, 7) is 0. The number of rotatable bonds is 3. The van der Waals surface area contributed by atoms with Crippen LogP contribution in [0.2, 0.25) is 0 Å². The fourth-order valence-corrected chi connectivity index (χ4v) is 3.98. The van der Waals surface area contributed by atoms with E-state index in [2.05, 4.69) is 22.3 Å². The van der Waals surface area contributed by atoms with Gasteiger partial charge in [-0.2, -0.15) is 4.98 Å². The normalized spacial score (nSPS) is 22.7. The number of nitrogens with one attached hydrogen (secondary N) is 1. The molecule has 0 saturated heterocycles. The lowest BCUT2D eigenvalue weighted by Gasteiger charge is -2.23. The number of para-hydroxylation sites is 1. The SMILES string of the molecule is CN(C)c1nc(N[C@H]2CC23CCCCC3)nc2ccccc12. The number of hydrogen-bond donors (Lipinski definition) is 1. The van der Waals surface area contributed by atoms with Crippen molar-refractivity contribution >= 4 is 22.7 Å². The van der Waals surface area contributed by atoms with E-state index in [1.807, 2.05) is 26.2 Å². The molecule has 22 heavy (non-hydrogen) atoms. The summed E-state index contributed by atoms with van der Waals surface area (Å²) in [5, 5.41) is 4.73. The Morgan fingerprint density at radius 3 is 2.64 bits per heavy atom. The number of hydrogen-bond acceptors (Lipinski definition) is 4. The van der Waals surface area contributed by atoms with E-state index in [0.29, 0.717) is 11.5 Å². The van der Waals surface area contributed by atoms with Gasteiger partial charge >= 0.3 is 0 Å². The summed E-state index contributed by atoms with van der Waals surface area (Å²) in [6, 6.07) is 8.82. The van der Waals surface area contributed by atoms with E-state index in [1.54, 1.807) is 0 Å². The Balaban J connectivity index is 1.62. The smallest absolute Gasteiger partial charge is 0.225 e. The number of nitrogens with zero attached hydrogens (tertiary/aromatic N) is 3. The van der Waals surface area contributed by atoms with Crippen LogP contribution in [0, 0.1) is 5.41 Å². The van der Waals surface area contributed by atoms with Gasteiger partial charge in [-0.1, -0.05) is 31.4 Å². The first-order valence-electron chi connectivity index (χ1n) is 8.39. The first-order chi connectivity index (χ1) is 10.7. The van der Waals surface area contributed by atoms with Gasteiger partial charge in [0.2, 0.25) is 5.95 Å². The molecule has 0 bridgehead atoms. The third-order valence-corrected chi connectivity index (χ3v) is 5.35. The van der Waals surface area contributed by atoms with Gasteiger partial charge in [0, 0.05) is 25.5 Å². The Labute approximate surface area is 131 Å². The lowest BCUT2D eigenvalue weighted by atomic mass is 9.86. The van der Waals surface area contributed by atoms with Gasteiger partial charge in [-0.25, -0.2) is 4.98 Å². The van der Waals surface area contributed by atoms with Crippen LogP contribution < -0.4 is 10.2 Å². The standard InChI is InChI=1S/C18H24N4/c1-22(2)16-13-8-4-5-9-14(13)19-17(21-16)20-15-12-18(15)10-6-3-7-11-18/h4-5,8-9,15H,3,6-7,10-12H2,1-2H3,(H,19,20,21)/t15-/m0/s1. The molecule has 4 nitrogen and oxygen atoms in total. The molecule has 2 aliphatic rings. The van der Waals surface area contributed by atoms with Gasteiger partial charge in [-0.05, 0) is 36.8 Å². The highest BCUT2D eigenvalue weighted by atomic mass is 15.2. The minimum atomic E-state index is 0.547. The maximum atomic E-state index is 4.76. The van der Waals surface area contributed by atoms with Crippen LogP contribution in [0.15, 0.2) is 24.3 Å². The van der Waals surface area contributed by atoms with Gasteiger partial charge in [0.25, 0.3) is 0 Å². The van der Waals surface area contributed by atoms with Crippen LogP contribution in [0.5, 0.6) is 0 Å². The average molecular weight is 296 g/mol. The van der Waals surface area contributed by atoms with Gasteiger partial charge < -0.3 is 10.2 Å².